The van der Waals surface area contributed by atoms with Crippen LogP contribution in [0.4, 0.5) is 4.39 Å². The van der Waals surface area contributed by atoms with Crippen molar-refractivity contribution < 1.29 is 23.8 Å². The number of ether oxygens (including phenoxy) is 1. The molecule has 6 nitrogen and oxygen atoms in total. The summed E-state index contributed by atoms with van der Waals surface area (Å²) in [6, 6.07) is 13.0. The molecule has 2 rings (SSSR count). The average molecular weight is 402 g/mol. The fourth-order valence-electron chi connectivity index (χ4n) is 2.93. The minimum absolute atomic E-state index is 0.0108. The number of hydrogen-bond donors (Lipinski definition) is 2. The standard InChI is InChI=1S/C22H27FN2O4/c1-3-12-25(2)22(28)21-18(23)10-7-11-19(21)29-15-20(27)24-17(14-26)13-16-8-5-4-6-9-16/h4-11,17,26H,3,12-15H2,1-2H3,(H,24,27)/t17-/m0/s1. The monoisotopic (exact) mass is 402 g/mol. The van der Waals surface area contributed by atoms with E-state index in [9.17, 15) is 19.1 Å². The number of aliphatic hydroxyl groups excluding tert-OH is 1. The molecule has 2 amide bonds. The topological polar surface area (TPSA) is 78.9 Å². The first-order valence-corrected chi connectivity index (χ1v) is 9.57. The molecular weight excluding hydrogens is 375 g/mol. The highest BCUT2D eigenvalue weighted by Crippen LogP contribution is 2.23. The third kappa shape index (κ3) is 6.57. The van der Waals surface area contributed by atoms with Crippen LogP contribution in [0.1, 0.15) is 29.3 Å². The van der Waals surface area contributed by atoms with Crippen LogP contribution in [-0.4, -0.2) is 54.7 Å². The number of carbonyl (C=O) groups is 2. The second-order valence-corrected chi connectivity index (χ2v) is 6.77. The van der Waals surface area contributed by atoms with Crippen LogP contribution < -0.4 is 10.1 Å². The highest BCUT2D eigenvalue weighted by Gasteiger charge is 2.22. The zero-order valence-corrected chi connectivity index (χ0v) is 16.7. The van der Waals surface area contributed by atoms with Crippen molar-refractivity contribution in [2.75, 3.05) is 26.8 Å². The second-order valence-electron chi connectivity index (χ2n) is 6.77. The predicted octanol–water partition coefficient (Wildman–Crippen LogP) is 2.41. The van der Waals surface area contributed by atoms with Crippen molar-refractivity contribution in [3.05, 3.63) is 65.5 Å². The first-order valence-electron chi connectivity index (χ1n) is 9.57. The van der Waals surface area contributed by atoms with Crippen LogP contribution in [-0.2, 0) is 11.2 Å². The van der Waals surface area contributed by atoms with E-state index in [1.165, 1.54) is 23.1 Å². The molecule has 0 radical (unpaired) electrons. The Labute approximate surface area is 170 Å². The van der Waals surface area contributed by atoms with Gasteiger partial charge in [-0.25, -0.2) is 4.39 Å². The van der Waals surface area contributed by atoms with Gasteiger partial charge in [0.2, 0.25) is 0 Å². The van der Waals surface area contributed by atoms with E-state index in [1.54, 1.807) is 7.05 Å². The molecule has 0 unspecified atom stereocenters. The number of nitrogens with zero attached hydrogens (tertiary/aromatic N) is 1. The van der Waals surface area contributed by atoms with Crippen LogP contribution in [0.25, 0.3) is 0 Å². The lowest BCUT2D eigenvalue weighted by molar-refractivity contribution is -0.124. The molecule has 0 saturated carbocycles. The lowest BCUT2D eigenvalue weighted by Gasteiger charge is -2.19. The van der Waals surface area contributed by atoms with E-state index in [2.05, 4.69) is 5.32 Å². The number of benzene rings is 2. The summed E-state index contributed by atoms with van der Waals surface area (Å²) in [4.78, 5) is 26.2. The van der Waals surface area contributed by atoms with Crippen LogP contribution in [0.5, 0.6) is 5.75 Å². The maximum Gasteiger partial charge on any atom is 0.260 e. The Bertz CT molecular complexity index is 814. The Morgan fingerprint density at radius 3 is 2.55 bits per heavy atom. The van der Waals surface area contributed by atoms with Crippen molar-refractivity contribution in [2.24, 2.45) is 0 Å². The van der Waals surface area contributed by atoms with Gasteiger partial charge in [0, 0.05) is 13.6 Å². The van der Waals surface area contributed by atoms with Crippen molar-refractivity contribution in [3.63, 3.8) is 0 Å². The Morgan fingerprint density at radius 2 is 1.90 bits per heavy atom. The summed E-state index contributed by atoms with van der Waals surface area (Å²) in [6.07, 6.45) is 1.20. The number of hydrogen-bond acceptors (Lipinski definition) is 4. The third-order valence-corrected chi connectivity index (χ3v) is 4.36. The van der Waals surface area contributed by atoms with Crippen molar-refractivity contribution in [1.82, 2.24) is 10.2 Å². The van der Waals surface area contributed by atoms with Gasteiger partial charge in [-0.15, -0.1) is 0 Å². The number of amides is 2. The Morgan fingerprint density at radius 1 is 1.17 bits per heavy atom. The first-order chi connectivity index (χ1) is 14.0. The maximum atomic E-state index is 14.3. The number of aliphatic hydroxyl groups is 1. The second kappa shape index (κ2) is 11.2. The van der Waals surface area contributed by atoms with Gasteiger partial charge in [-0.1, -0.05) is 43.3 Å². The molecule has 0 bridgehead atoms. The van der Waals surface area contributed by atoms with Gasteiger partial charge in [-0.2, -0.15) is 0 Å². The van der Waals surface area contributed by atoms with Crippen LogP contribution in [0, 0.1) is 5.82 Å². The summed E-state index contributed by atoms with van der Waals surface area (Å²) < 4.78 is 19.7. The SMILES string of the molecule is CCCN(C)C(=O)c1c(F)cccc1OCC(=O)N[C@H](CO)Cc1ccccc1. The van der Waals surface area contributed by atoms with E-state index in [1.807, 2.05) is 37.3 Å². The fraction of sp³-hybridized carbons (Fsp3) is 0.364. The lowest BCUT2D eigenvalue weighted by Crippen LogP contribution is -2.41. The zero-order valence-electron chi connectivity index (χ0n) is 16.7. The van der Waals surface area contributed by atoms with Crippen LogP contribution in [0.3, 0.4) is 0 Å². The molecule has 0 aliphatic heterocycles. The molecule has 1 atom stereocenters. The van der Waals surface area contributed by atoms with Crippen LogP contribution in [0.15, 0.2) is 48.5 Å². The molecule has 0 aliphatic rings. The number of nitrogens with one attached hydrogen (secondary N) is 1. The molecule has 0 aromatic heterocycles. The van der Waals surface area contributed by atoms with Crippen molar-refractivity contribution >= 4 is 11.8 Å². The number of carbonyl (C=O) groups excluding carboxylic acids is 2. The van der Waals surface area contributed by atoms with Crippen LogP contribution >= 0.6 is 0 Å². The molecule has 156 valence electrons. The Hall–Kier alpha value is -2.93. The quantitative estimate of drug-likeness (QED) is 0.640. The van der Waals surface area contributed by atoms with E-state index in [4.69, 9.17) is 4.74 Å². The van der Waals surface area contributed by atoms with Crippen molar-refractivity contribution in [2.45, 2.75) is 25.8 Å². The van der Waals surface area contributed by atoms with E-state index in [0.29, 0.717) is 13.0 Å². The van der Waals surface area contributed by atoms with Gasteiger partial charge in [-0.3, -0.25) is 9.59 Å². The summed E-state index contributed by atoms with van der Waals surface area (Å²) in [5.41, 5.74) is 0.781. The lowest BCUT2D eigenvalue weighted by atomic mass is 10.1. The molecule has 0 spiro atoms. The minimum atomic E-state index is -0.701. The summed E-state index contributed by atoms with van der Waals surface area (Å²) >= 11 is 0. The molecule has 7 heteroatoms. The van der Waals surface area contributed by atoms with E-state index >= 15 is 0 Å². The van der Waals surface area contributed by atoms with Crippen LogP contribution in [0.2, 0.25) is 0 Å². The number of rotatable bonds is 10. The summed E-state index contributed by atoms with van der Waals surface area (Å²) in [7, 11) is 1.59. The molecule has 2 N–H and O–H groups in total. The highest BCUT2D eigenvalue weighted by atomic mass is 19.1. The van der Waals surface area contributed by atoms with Gasteiger partial charge in [0.15, 0.2) is 6.61 Å². The average Bonchev–Trinajstić information content (AvgIpc) is 2.72. The van der Waals surface area contributed by atoms with Crippen molar-refractivity contribution in [3.8, 4) is 5.75 Å². The number of halogens is 1. The third-order valence-electron chi connectivity index (χ3n) is 4.36. The molecule has 29 heavy (non-hydrogen) atoms. The van der Waals surface area contributed by atoms with Gasteiger partial charge < -0.3 is 20.1 Å². The summed E-state index contributed by atoms with van der Waals surface area (Å²) in [5.74, 6) is -1.66. The smallest absolute Gasteiger partial charge is 0.260 e. The van der Waals surface area contributed by atoms with Gasteiger partial charge in [-0.05, 0) is 30.5 Å². The molecular formula is C22H27FN2O4. The Kier molecular flexibility index (Phi) is 8.61. The normalized spacial score (nSPS) is 11.6. The molecule has 0 heterocycles. The maximum absolute atomic E-state index is 14.3. The summed E-state index contributed by atoms with van der Waals surface area (Å²) in [6.45, 7) is 1.77. The minimum Gasteiger partial charge on any atom is -0.483 e. The van der Waals surface area contributed by atoms with Gasteiger partial charge in [0.05, 0.1) is 12.6 Å². The summed E-state index contributed by atoms with van der Waals surface area (Å²) in [5, 5.41) is 12.2. The molecule has 2 aromatic carbocycles. The van der Waals surface area contributed by atoms with Gasteiger partial charge in [0.1, 0.15) is 17.1 Å². The van der Waals surface area contributed by atoms with Gasteiger partial charge in [0.25, 0.3) is 11.8 Å². The molecule has 2 aromatic rings. The molecule has 0 fully saturated rings. The van der Waals surface area contributed by atoms with Gasteiger partial charge >= 0.3 is 0 Å². The highest BCUT2D eigenvalue weighted by molar-refractivity contribution is 5.97. The largest absolute Gasteiger partial charge is 0.483 e. The van der Waals surface area contributed by atoms with E-state index in [-0.39, 0.29) is 17.9 Å². The zero-order chi connectivity index (χ0) is 21.2. The predicted molar refractivity (Wildman–Crippen MR) is 108 cm³/mol. The van der Waals surface area contributed by atoms with Crippen molar-refractivity contribution in [1.29, 1.82) is 0 Å². The van der Waals surface area contributed by atoms with E-state index < -0.39 is 30.3 Å². The Balaban J connectivity index is 2.00. The molecule has 0 saturated heterocycles. The van der Waals surface area contributed by atoms with E-state index in [0.717, 1.165) is 12.0 Å². The first kappa shape index (κ1) is 22.4. The molecule has 0 aliphatic carbocycles. The fourth-order valence-corrected chi connectivity index (χ4v) is 2.93.